The molecule has 1 aliphatic carbocycles. The average molecular weight is 127 g/mol. The molecule has 0 aromatic rings. The van der Waals surface area contributed by atoms with Crippen LogP contribution < -0.4 is 0 Å². The molecule has 1 unspecified atom stereocenters. The SMILES string of the molecule is CC(O)C1CC[CH]CC1. The smallest absolute Gasteiger partial charge is 0.0540 e. The summed E-state index contributed by atoms with van der Waals surface area (Å²) in [5.41, 5.74) is 0. The van der Waals surface area contributed by atoms with E-state index in [1.807, 2.05) is 6.92 Å². The maximum absolute atomic E-state index is 9.16. The summed E-state index contributed by atoms with van der Waals surface area (Å²) in [5.74, 6) is 0.579. The van der Waals surface area contributed by atoms with Gasteiger partial charge in [-0.15, -0.1) is 0 Å². The molecule has 0 aromatic carbocycles. The lowest BCUT2D eigenvalue weighted by atomic mass is 9.86. The van der Waals surface area contributed by atoms with Crippen molar-refractivity contribution in [2.75, 3.05) is 0 Å². The Kier molecular flexibility index (Phi) is 2.52. The molecule has 0 heterocycles. The van der Waals surface area contributed by atoms with Crippen LogP contribution in [0.4, 0.5) is 0 Å². The van der Waals surface area contributed by atoms with Crippen LogP contribution in [-0.2, 0) is 0 Å². The minimum absolute atomic E-state index is 0.0845. The highest BCUT2D eigenvalue weighted by atomic mass is 16.3. The molecule has 0 amide bonds. The lowest BCUT2D eigenvalue weighted by molar-refractivity contribution is 0.108. The zero-order valence-corrected chi connectivity index (χ0v) is 6.01. The van der Waals surface area contributed by atoms with E-state index >= 15 is 0 Å². The normalized spacial score (nSPS) is 26.0. The molecule has 1 fully saturated rings. The molecular weight excluding hydrogens is 112 g/mol. The van der Waals surface area contributed by atoms with Crippen LogP contribution >= 0.6 is 0 Å². The average Bonchev–Trinajstić information content (AvgIpc) is 1.90. The molecule has 53 valence electrons. The molecule has 0 aliphatic heterocycles. The lowest BCUT2D eigenvalue weighted by Crippen LogP contribution is -2.19. The Morgan fingerprint density at radius 3 is 2.33 bits per heavy atom. The Labute approximate surface area is 57.1 Å². The Morgan fingerprint density at radius 1 is 1.44 bits per heavy atom. The predicted octanol–water partition coefficient (Wildman–Crippen LogP) is 1.76. The van der Waals surface area contributed by atoms with Crippen LogP contribution in [-0.4, -0.2) is 11.2 Å². The Hall–Kier alpha value is -0.0400. The molecule has 9 heavy (non-hydrogen) atoms. The van der Waals surface area contributed by atoms with Crippen LogP contribution in [0.2, 0.25) is 0 Å². The highest BCUT2D eigenvalue weighted by Crippen LogP contribution is 2.25. The summed E-state index contributed by atoms with van der Waals surface area (Å²) < 4.78 is 0. The number of aliphatic hydroxyl groups excluding tert-OH is 1. The van der Waals surface area contributed by atoms with Gasteiger partial charge in [-0.2, -0.15) is 0 Å². The van der Waals surface area contributed by atoms with E-state index in [2.05, 4.69) is 6.42 Å². The standard InChI is InChI=1S/C8H15O/c1-7(9)8-5-3-2-4-6-8/h2,7-9H,3-6H2,1H3. The van der Waals surface area contributed by atoms with E-state index < -0.39 is 0 Å². The van der Waals surface area contributed by atoms with E-state index in [4.69, 9.17) is 5.11 Å². The molecule has 0 aromatic heterocycles. The van der Waals surface area contributed by atoms with E-state index in [9.17, 15) is 0 Å². The third-order valence-electron chi connectivity index (χ3n) is 2.17. The Balaban J connectivity index is 2.23. The summed E-state index contributed by atoms with van der Waals surface area (Å²) in [5, 5.41) is 9.16. The molecular formula is C8H15O. The van der Waals surface area contributed by atoms with Crippen LogP contribution in [0.5, 0.6) is 0 Å². The predicted molar refractivity (Wildman–Crippen MR) is 37.9 cm³/mol. The van der Waals surface area contributed by atoms with E-state index in [0.29, 0.717) is 5.92 Å². The van der Waals surface area contributed by atoms with Crippen molar-refractivity contribution in [3.8, 4) is 0 Å². The summed E-state index contributed by atoms with van der Waals surface area (Å²) in [6.45, 7) is 1.90. The second-order valence-electron chi connectivity index (χ2n) is 2.94. The zero-order valence-electron chi connectivity index (χ0n) is 6.01. The van der Waals surface area contributed by atoms with Gasteiger partial charge in [0.05, 0.1) is 6.10 Å². The largest absolute Gasteiger partial charge is 0.393 e. The quantitative estimate of drug-likeness (QED) is 0.569. The maximum atomic E-state index is 9.16. The molecule has 1 radical (unpaired) electrons. The van der Waals surface area contributed by atoms with Crippen LogP contribution in [0, 0.1) is 12.3 Å². The molecule has 1 N–H and O–H groups in total. The van der Waals surface area contributed by atoms with Gasteiger partial charge in [0.2, 0.25) is 0 Å². The van der Waals surface area contributed by atoms with Gasteiger partial charge < -0.3 is 5.11 Å². The van der Waals surface area contributed by atoms with E-state index in [1.165, 1.54) is 25.7 Å². The third kappa shape index (κ3) is 1.98. The summed E-state index contributed by atoms with van der Waals surface area (Å²) in [6.07, 6.45) is 7.03. The third-order valence-corrected chi connectivity index (χ3v) is 2.17. The second-order valence-corrected chi connectivity index (χ2v) is 2.94. The minimum Gasteiger partial charge on any atom is -0.393 e. The first-order chi connectivity index (χ1) is 4.30. The van der Waals surface area contributed by atoms with E-state index in [-0.39, 0.29) is 6.10 Å². The summed E-state index contributed by atoms with van der Waals surface area (Å²) in [7, 11) is 0. The molecule has 1 nitrogen and oxygen atoms in total. The van der Waals surface area contributed by atoms with Crippen molar-refractivity contribution in [1.82, 2.24) is 0 Å². The van der Waals surface area contributed by atoms with Crippen LogP contribution in [0.1, 0.15) is 32.6 Å². The Morgan fingerprint density at radius 2 is 2.00 bits per heavy atom. The highest BCUT2D eigenvalue weighted by Gasteiger charge is 2.17. The fourth-order valence-electron chi connectivity index (χ4n) is 1.43. The number of aliphatic hydroxyl groups is 1. The fourth-order valence-corrected chi connectivity index (χ4v) is 1.43. The molecule has 1 saturated carbocycles. The van der Waals surface area contributed by atoms with Crippen molar-refractivity contribution >= 4 is 0 Å². The van der Waals surface area contributed by atoms with Crippen molar-refractivity contribution in [1.29, 1.82) is 0 Å². The molecule has 1 atom stereocenters. The van der Waals surface area contributed by atoms with Crippen molar-refractivity contribution < 1.29 is 5.11 Å². The second kappa shape index (κ2) is 3.21. The van der Waals surface area contributed by atoms with Gasteiger partial charge >= 0.3 is 0 Å². The van der Waals surface area contributed by atoms with Crippen LogP contribution in [0.3, 0.4) is 0 Å². The number of rotatable bonds is 1. The van der Waals surface area contributed by atoms with Gasteiger partial charge in [0, 0.05) is 0 Å². The van der Waals surface area contributed by atoms with E-state index in [1.54, 1.807) is 0 Å². The summed E-state index contributed by atoms with van der Waals surface area (Å²) in [4.78, 5) is 0. The molecule has 1 aliphatic rings. The maximum Gasteiger partial charge on any atom is 0.0540 e. The number of hydrogen-bond donors (Lipinski definition) is 1. The van der Waals surface area contributed by atoms with Gasteiger partial charge in [0.15, 0.2) is 0 Å². The van der Waals surface area contributed by atoms with E-state index in [0.717, 1.165) is 0 Å². The minimum atomic E-state index is -0.0845. The van der Waals surface area contributed by atoms with Gasteiger partial charge in [-0.25, -0.2) is 0 Å². The van der Waals surface area contributed by atoms with Crippen LogP contribution in [0.25, 0.3) is 0 Å². The van der Waals surface area contributed by atoms with Gasteiger partial charge in [0.1, 0.15) is 0 Å². The summed E-state index contributed by atoms with van der Waals surface area (Å²) in [6, 6.07) is 0. The molecule has 0 saturated heterocycles. The first kappa shape index (κ1) is 7.07. The highest BCUT2D eigenvalue weighted by molar-refractivity contribution is 4.78. The topological polar surface area (TPSA) is 20.2 Å². The van der Waals surface area contributed by atoms with Crippen molar-refractivity contribution in [3.63, 3.8) is 0 Å². The summed E-state index contributed by atoms with van der Waals surface area (Å²) >= 11 is 0. The molecule has 1 rings (SSSR count). The first-order valence-electron chi connectivity index (χ1n) is 3.80. The van der Waals surface area contributed by atoms with Crippen molar-refractivity contribution in [2.24, 2.45) is 5.92 Å². The van der Waals surface area contributed by atoms with Gasteiger partial charge in [-0.1, -0.05) is 0 Å². The zero-order chi connectivity index (χ0) is 6.69. The first-order valence-corrected chi connectivity index (χ1v) is 3.80. The van der Waals surface area contributed by atoms with Gasteiger partial charge in [-0.05, 0) is 44.9 Å². The number of hydrogen-bond acceptors (Lipinski definition) is 1. The van der Waals surface area contributed by atoms with Crippen molar-refractivity contribution in [2.45, 2.75) is 38.7 Å². The monoisotopic (exact) mass is 127 g/mol. The van der Waals surface area contributed by atoms with Crippen molar-refractivity contribution in [3.05, 3.63) is 6.42 Å². The molecule has 0 bridgehead atoms. The Bertz CT molecular complexity index is 72.6. The fraction of sp³-hybridized carbons (Fsp3) is 0.875. The lowest BCUT2D eigenvalue weighted by Gasteiger charge is -2.23. The van der Waals surface area contributed by atoms with Crippen LogP contribution in [0.15, 0.2) is 0 Å². The van der Waals surface area contributed by atoms with Gasteiger partial charge in [0.25, 0.3) is 0 Å². The molecule has 0 spiro atoms. The molecule has 1 heteroatoms. The van der Waals surface area contributed by atoms with Gasteiger partial charge in [-0.3, -0.25) is 0 Å².